The number of nitrogens with two attached hydrogens (primary N) is 1. The van der Waals surface area contributed by atoms with Gasteiger partial charge in [0.05, 0.1) is 5.52 Å². The Hall–Kier alpha value is -0.610. The molecule has 13 heavy (non-hydrogen) atoms. The molecule has 1 aromatic carbocycles. The van der Waals surface area contributed by atoms with Crippen LogP contribution in [0.1, 0.15) is 0 Å². The predicted molar refractivity (Wildman–Crippen MR) is 61.6 cm³/mol. The van der Waals surface area contributed by atoms with E-state index in [9.17, 15) is 0 Å². The number of halogens is 2. The van der Waals surface area contributed by atoms with E-state index in [2.05, 4.69) is 36.8 Å². The van der Waals surface area contributed by atoms with E-state index >= 15 is 0 Å². The molecule has 66 valence electrons. The third kappa shape index (κ3) is 1.69. The van der Waals surface area contributed by atoms with E-state index in [-0.39, 0.29) is 0 Å². The normalized spacial score (nSPS) is 10.6. The number of hydrogen-bond donors (Lipinski definition) is 1. The number of aromatic nitrogens is 1. The van der Waals surface area contributed by atoms with Gasteiger partial charge in [0.15, 0.2) is 0 Å². The summed E-state index contributed by atoms with van der Waals surface area (Å²) >= 11 is 6.85. The van der Waals surface area contributed by atoms with Gasteiger partial charge < -0.3 is 5.73 Å². The van der Waals surface area contributed by atoms with Crippen LogP contribution in [-0.4, -0.2) is 4.98 Å². The van der Waals surface area contributed by atoms with E-state index in [0.717, 1.165) is 19.8 Å². The van der Waals surface area contributed by atoms with Crippen LogP contribution in [0, 0.1) is 0 Å². The van der Waals surface area contributed by atoms with Crippen molar-refractivity contribution in [3.63, 3.8) is 0 Å². The van der Waals surface area contributed by atoms with E-state index < -0.39 is 0 Å². The van der Waals surface area contributed by atoms with Gasteiger partial charge in [-0.3, -0.25) is 0 Å². The van der Waals surface area contributed by atoms with Gasteiger partial charge in [0.2, 0.25) is 0 Å². The number of benzene rings is 1. The molecular formula is C9H6Br2N2. The fourth-order valence-electron chi connectivity index (χ4n) is 1.18. The van der Waals surface area contributed by atoms with Gasteiger partial charge in [-0.1, -0.05) is 15.9 Å². The van der Waals surface area contributed by atoms with Crippen molar-refractivity contribution >= 4 is 48.6 Å². The predicted octanol–water partition coefficient (Wildman–Crippen LogP) is 3.34. The zero-order valence-corrected chi connectivity index (χ0v) is 9.76. The van der Waals surface area contributed by atoms with Gasteiger partial charge in [0, 0.05) is 14.3 Å². The summed E-state index contributed by atoms with van der Waals surface area (Å²) in [5.41, 5.74) is 6.51. The Morgan fingerprint density at radius 2 is 1.92 bits per heavy atom. The van der Waals surface area contributed by atoms with Crippen molar-refractivity contribution in [2.75, 3.05) is 5.73 Å². The number of nitrogens with zero attached hydrogens (tertiary/aromatic N) is 1. The Morgan fingerprint density at radius 3 is 2.69 bits per heavy atom. The van der Waals surface area contributed by atoms with Gasteiger partial charge in [-0.25, -0.2) is 4.98 Å². The van der Waals surface area contributed by atoms with Crippen LogP contribution in [0.4, 0.5) is 5.82 Å². The summed E-state index contributed by atoms with van der Waals surface area (Å²) in [5, 5.41) is 1.06. The molecule has 0 amide bonds. The maximum atomic E-state index is 5.61. The minimum atomic E-state index is 0.529. The molecule has 0 fully saturated rings. The molecule has 4 heteroatoms. The van der Waals surface area contributed by atoms with Crippen LogP contribution in [0.5, 0.6) is 0 Å². The standard InChI is InChI=1S/C9H6Br2N2/c10-5-1-2-8-6(3-5)7(11)4-9(12)13-8/h1-4H,(H2,12,13). The molecule has 0 aliphatic heterocycles. The lowest BCUT2D eigenvalue weighted by Gasteiger charge is -2.01. The van der Waals surface area contributed by atoms with E-state index in [1.54, 1.807) is 6.07 Å². The third-order valence-corrected chi connectivity index (χ3v) is 2.89. The van der Waals surface area contributed by atoms with E-state index in [1.165, 1.54) is 0 Å². The Morgan fingerprint density at radius 1 is 1.15 bits per heavy atom. The lowest BCUT2D eigenvalue weighted by molar-refractivity contribution is 1.40. The first kappa shape index (κ1) is 8.97. The van der Waals surface area contributed by atoms with Crippen LogP contribution in [0.3, 0.4) is 0 Å². The molecule has 0 radical (unpaired) electrons. The second kappa shape index (κ2) is 3.27. The second-order valence-corrected chi connectivity index (χ2v) is 4.46. The summed E-state index contributed by atoms with van der Waals surface area (Å²) in [6, 6.07) is 7.68. The van der Waals surface area contributed by atoms with Crippen molar-refractivity contribution in [1.82, 2.24) is 4.98 Å². The number of rotatable bonds is 0. The second-order valence-electron chi connectivity index (χ2n) is 2.69. The first-order valence-electron chi connectivity index (χ1n) is 3.68. The van der Waals surface area contributed by atoms with Gasteiger partial charge in [-0.05, 0) is 40.2 Å². The van der Waals surface area contributed by atoms with Crippen LogP contribution in [0.25, 0.3) is 10.9 Å². The van der Waals surface area contributed by atoms with E-state index in [1.807, 2.05) is 18.2 Å². The molecule has 0 atom stereocenters. The van der Waals surface area contributed by atoms with Gasteiger partial charge in [-0.2, -0.15) is 0 Å². The minimum Gasteiger partial charge on any atom is -0.384 e. The van der Waals surface area contributed by atoms with Crippen LogP contribution < -0.4 is 5.73 Å². The Kier molecular flexibility index (Phi) is 2.26. The summed E-state index contributed by atoms with van der Waals surface area (Å²) in [7, 11) is 0. The van der Waals surface area contributed by atoms with Crippen molar-refractivity contribution in [3.8, 4) is 0 Å². The first-order valence-corrected chi connectivity index (χ1v) is 5.27. The molecule has 0 aliphatic rings. The number of pyridine rings is 1. The molecule has 1 heterocycles. The van der Waals surface area contributed by atoms with Crippen molar-refractivity contribution in [2.24, 2.45) is 0 Å². The highest BCUT2D eigenvalue weighted by molar-refractivity contribution is 9.11. The molecule has 0 bridgehead atoms. The number of hydrogen-bond acceptors (Lipinski definition) is 2. The highest BCUT2D eigenvalue weighted by atomic mass is 79.9. The van der Waals surface area contributed by atoms with Crippen LogP contribution in [0.2, 0.25) is 0 Å². The maximum absolute atomic E-state index is 5.61. The van der Waals surface area contributed by atoms with E-state index in [4.69, 9.17) is 5.73 Å². The molecule has 1 aromatic heterocycles. The third-order valence-electron chi connectivity index (χ3n) is 1.74. The summed E-state index contributed by atoms with van der Waals surface area (Å²) in [5.74, 6) is 0.529. The Balaban J connectivity index is 2.87. The average molecular weight is 302 g/mol. The quantitative estimate of drug-likeness (QED) is 0.810. The molecule has 2 nitrogen and oxygen atoms in total. The number of fused-ring (bicyclic) bond motifs is 1. The number of anilines is 1. The fourth-order valence-corrected chi connectivity index (χ4v) is 2.09. The maximum Gasteiger partial charge on any atom is 0.125 e. The zero-order valence-electron chi connectivity index (χ0n) is 6.59. The molecule has 2 N–H and O–H groups in total. The van der Waals surface area contributed by atoms with Crippen LogP contribution >= 0.6 is 31.9 Å². The highest BCUT2D eigenvalue weighted by Gasteiger charge is 2.01. The topological polar surface area (TPSA) is 38.9 Å². The largest absolute Gasteiger partial charge is 0.384 e. The first-order chi connectivity index (χ1) is 6.16. The van der Waals surface area contributed by atoms with Crippen molar-refractivity contribution in [1.29, 1.82) is 0 Å². The molecule has 0 saturated carbocycles. The summed E-state index contributed by atoms with van der Waals surface area (Å²) < 4.78 is 2.00. The van der Waals surface area contributed by atoms with Gasteiger partial charge in [0.1, 0.15) is 5.82 Å². The summed E-state index contributed by atoms with van der Waals surface area (Å²) in [4.78, 5) is 4.20. The van der Waals surface area contributed by atoms with Gasteiger partial charge >= 0.3 is 0 Å². The van der Waals surface area contributed by atoms with Gasteiger partial charge in [0.25, 0.3) is 0 Å². The smallest absolute Gasteiger partial charge is 0.125 e. The van der Waals surface area contributed by atoms with Crippen molar-refractivity contribution in [3.05, 3.63) is 33.2 Å². The lowest BCUT2D eigenvalue weighted by Crippen LogP contribution is -1.90. The van der Waals surface area contributed by atoms with Crippen molar-refractivity contribution < 1.29 is 0 Å². The average Bonchev–Trinajstić information content (AvgIpc) is 2.06. The van der Waals surface area contributed by atoms with Crippen molar-refractivity contribution in [2.45, 2.75) is 0 Å². The monoisotopic (exact) mass is 300 g/mol. The summed E-state index contributed by atoms with van der Waals surface area (Å²) in [6.07, 6.45) is 0. The minimum absolute atomic E-state index is 0.529. The van der Waals surface area contributed by atoms with Crippen LogP contribution in [0.15, 0.2) is 33.2 Å². The zero-order chi connectivity index (χ0) is 9.42. The molecule has 2 aromatic rings. The molecular weight excluding hydrogens is 296 g/mol. The van der Waals surface area contributed by atoms with Gasteiger partial charge in [-0.15, -0.1) is 0 Å². The molecule has 0 saturated heterocycles. The summed E-state index contributed by atoms with van der Waals surface area (Å²) in [6.45, 7) is 0. The molecule has 0 spiro atoms. The Bertz CT molecular complexity index is 468. The number of nitrogen functional groups attached to an aromatic ring is 1. The molecule has 0 aliphatic carbocycles. The fraction of sp³-hybridized carbons (Fsp3) is 0. The Labute approximate surface area is 92.4 Å². The van der Waals surface area contributed by atoms with Crippen LogP contribution in [-0.2, 0) is 0 Å². The highest BCUT2D eigenvalue weighted by Crippen LogP contribution is 2.27. The van der Waals surface area contributed by atoms with E-state index in [0.29, 0.717) is 5.82 Å². The molecule has 2 rings (SSSR count). The SMILES string of the molecule is Nc1cc(Br)c2cc(Br)ccc2n1. The lowest BCUT2D eigenvalue weighted by atomic mass is 10.2. The molecule has 0 unspecified atom stereocenters.